The van der Waals surface area contributed by atoms with Crippen LogP contribution in [0, 0.1) is 0 Å². The lowest BCUT2D eigenvalue weighted by molar-refractivity contribution is 1.11. The summed E-state index contributed by atoms with van der Waals surface area (Å²) in [6.07, 6.45) is 0. The zero-order valence-electron chi connectivity index (χ0n) is 9.25. The number of hydrogen-bond acceptors (Lipinski definition) is 3. The monoisotopic (exact) mass is 345 g/mol. The molecule has 94 valence electrons. The first-order valence-corrected chi connectivity index (χ1v) is 6.71. The van der Waals surface area contributed by atoms with Crippen LogP contribution in [0.5, 0.6) is 0 Å². The number of nitrogens with one attached hydrogen (secondary N) is 1. The first-order valence-electron chi connectivity index (χ1n) is 5.16. The van der Waals surface area contributed by atoms with Gasteiger partial charge in [0, 0.05) is 11.0 Å². The molecule has 0 atom stereocenters. The van der Waals surface area contributed by atoms with Crippen molar-refractivity contribution in [2.75, 3.05) is 11.1 Å². The van der Waals surface area contributed by atoms with E-state index < -0.39 is 0 Å². The summed E-state index contributed by atoms with van der Waals surface area (Å²) in [5.41, 5.74) is 6.74. The number of anilines is 2. The molecule has 0 aliphatic carbocycles. The summed E-state index contributed by atoms with van der Waals surface area (Å²) in [5, 5.41) is 3.92. The first kappa shape index (κ1) is 13.5. The lowest BCUT2D eigenvalue weighted by Gasteiger charge is -2.09. The summed E-state index contributed by atoms with van der Waals surface area (Å²) >= 11 is 15.3. The maximum atomic E-state index is 6.02. The van der Waals surface area contributed by atoms with Crippen molar-refractivity contribution in [1.82, 2.24) is 4.98 Å². The van der Waals surface area contributed by atoms with Crippen LogP contribution in [0.1, 0.15) is 5.56 Å². The zero-order valence-corrected chi connectivity index (χ0v) is 12.4. The minimum atomic E-state index is 0.262. The Hall–Kier alpha value is -0.970. The van der Waals surface area contributed by atoms with Crippen LogP contribution in [0.2, 0.25) is 10.0 Å². The van der Waals surface area contributed by atoms with Crippen molar-refractivity contribution in [3.63, 3.8) is 0 Å². The molecule has 18 heavy (non-hydrogen) atoms. The fraction of sp³-hybridized carbons (Fsp3) is 0.0833. The van der Waals surface area contributed by atoms with Crippen LogP contribution in [0.3, 0.4) is 0 Å². The Bertz CT molecular complexity index is 575. The minimum absolute atomic E-state index is 0.262. The normalized spacial score (nSPS) is 10.4. The molecule has 2 aromatic rings. The van der Waals surface area contributed by atoms with Crippen LogP contribution in [-0.2, 0) is 6.54 Å². The average Bonchev–Trinajstić information content (AvgIpc) is 2.32. The Morgan fingerprint density at radius 3 is 2.72 bits per heavy atom. The zero-order chi connectivity index (χ0) is 13.1. The van der Waals surface area contributed by atoms with E-state index in [-0.39, 0.29) is 5.82 Å². The number of hydrogen-bond donors (Lipinski definition) is 2. The van der Waals surface area contributed by atoms with Crippen molar-refractivity contribution < 1.29 is 0 Å². The highest BCUT2D eigenvalue weighted by molar-refractivity contribution is 9.10. The third kappa shape index (κ3) is 3.28. The van der Waals surface area contributed by atoms with Crippen molar-refractivity contribution in [2.45, 2.75) is 6.54 Å². The van der Waals surface area contributed by atoms with Gasteiger partial charge in [-0.1, -0.05) is 51.3 Å². The minimum Gasteiger partial charge on any atom is -0.382 e. The Morgan fingerprint density at radius 2 is 2.00 bits per heavy atom. The smallest absolute Gasteiger partial charge is 0.147 e. The maximum Gasteiger partial charge on any atom is 0.147 e. The second-order valence-electron chi connectivity index (χ2n) is 3.67. The summed E-state index contributed by atoms with van der Waals surface area (Å²) in [7, 11) is 0. The number of pyridine rings is 1. The average molecular weight is 347 g/mol. The molecule has 0 amide bonds. The lowest BCUT2D eigenvalue weighted by atomic mass is 10.2. The molecule has 1 aromatic heterocycles. The number of aromatic nitrogens is 1. The largest absolute Gasteiger partial charge is 0.382 e. The van der Waals surface area contributed by atoms with Gasteiger partial charge in [-0.15, -0.1) is 0 Å². The molecule has 0 aliphatic heterocycles. The van der Waals surface area contributed by atoms with E-state index in [1.807, 2.05) is 24.3 Å². The van der Waals surface area contributed by atoms with Gasteiger partial charge in [0.15, 0.2) is 0 Å². The molecule has 2 rings (SSSR count). The third-order valence-electron chi connectivity index (χ3n) is 2.31. The van der Waals surface area contributed by atoms with E-state index in [2.05, 4.69) is 26.2 Å². The fourth-order valence-electron chi connectivity index (χ4n) is 1.44. The van der Waals surface area contributed by atoms with E-state index in [1.165, 1.54) is 0 Å². The second-order valence-corrected chi connectivity index (χ2v) is 5.40. The topological polar surface area (TPSA) is 50.9 Å². The number of nitrogen functional groups attached to an aromatic ring is 1. The Morgan fingerprint density at radius 1 is 1.22 bits per heavy atom. The Kier molecular flexibility index (Phi) is 4.32. The second kappa shape index (κ2) is 5.78. The van der Waals surface area contributed by atoms with Crippen molar-refractivity contribution in [2.24, 2.45) is 0 Å². The summed E-state index contributed by atoms with van der Waals surface area (Å²) in [6.45, 7) is 0.604. The number of halogens is 3. The SMILES string of the molecule is Nc1nc(NCc2cccc(Br)c2)c(Cl)cc1Cl. The van der Waals surface area contributed by atoms with Gasteiger partial charge in [0.25, 0.3) is 0 Å². The molecule has 0 bridgehead atoms. The molecule has 0 radical (unpaired) electrons. The molecule has 0 fully saturated rings. The molecule has 1 aromatic carbocycles. The van der Waals surface area contributed by atoms with Crippen LogP contribution in [0.15, 0.2) is 34.8 Å². The molecular weight excluding hydrogens is 337 g/mol. The van der Waals surface area contributed by atoms with Crippen LogP contribution in [0.25, 0.3) is 0 Å². The van der Waals surface area contributed by atoms with Gasteiger partial charge in [0.2, 0.25) is 0 Å². The molecule has 6 heteroatoms. The van der Waals surface area contributed by atoms with E-state index in [0.29, 0.717) is 22.4 Å². The number of benzene rings is 1. The fourth-order valence-corrected chi connectivity index (χ4v) is 2.31. The van der Waals surface area contributed by atoms with Crippen molar-refractivity contribution in [3.05, 3.63) is 50.4 Å². The first-order chi connectivity index (χ1) is 8.56. The highest BCUT2D eigenvalue weighted by Crippen LogP contribution is 2.27. The predicted octanol–water partition coefficient (Wildman–Crippen LogP) is 4.35. The van der Waals surface area contributed by atoms with Crippen LogP contribution < -0.4 is 11.1 Å². The molecule has 0 spiro atoms. The Balaban J connectivity index is 2.13. The molecule has 0 aliphatic rings. The molecule has 3 N–H and O–H groups in total. The van der Waals surface area contributed by atoms with Crippen LogP contribution in [-0.4, -0.2) is 4.98 Å². The molecular formula is C12H10BrCl2N3. The van der Waals surface area contributed by atoms with Gasteiger partial charge in [0.1, 0.15) is 11.6 Å². The van der Waals surface area contributed by atoms with Gasteiger partial charge in [-0.3, -0.25) is 0 Å². The van der Waals surface area contributed by atoms with E-state index in [4.69, 9.17) is 28.9 Å². The number of nitrogens with zero attached hydrogens (tertiary/aromatic N) is 1. The van der Waals surface area contributed by atoms with Gasteiger partial charge >= 0.3 is 0 Å². The lowest BCUT2D eigenvalue weighted by Crippen LogP contribution is -2.04. The van der Waals surface area contributed by atoms with E-state index >= 15 is 0 Å². The Labute approximate surface area is 123 Å². The van der Waals surface area contributed by atoms with Gasteiger partial charge in [-0.2, -0.15) is 0 Å². The van der Waals surface area contributed by atoms with Crippen molar-refractivity contribution in [3.8, 4) is 0 Å². The van der Waals surface area contributed by atoms with Crippen LogP contribution in [0.4, 0.5) is 11.6 Å². The van der Waals surface area contributed by atoms with Crippen molar-refractivity contribution in [1.29, 1.82) is 0 Å². The van der Waals surface area contributed by atoms with Crippen molar-refractivity contribution >= 4 is 50.8 Å². The van der Waals surface area contributed by atoms with Crippen LogP contribution >= 0.6 is 39.1 Å². The van der Waals surface area contributed by atoms with Gasteiger partial charge in [-0.25, -0.2) is 4.98 Å². The third-order valence-corrected chi connectivity index (χ3v) is 3.39. The molecule has 0 saturated carbocycles. The summed E-state index contributed by atoms with van der Waals surface area (Å²) in [4.78, 5) is 4.10. The molecule has 0 unspecified atom stereocenters. The molecule has 3 nitrogen and oxygen atoms in total. The summed E-state index contributed by atoms with van der Waals surface area (Å²) in [6, 6.07) is 9.53. The van der Waals surface area contributed by atoms with Gasteiger partial charge in [-0.05, 0) is 23.8 Å². The quantitative estimate of drug-likeness (QED) is 0.868. The van der Waals surface area contributed by atoms with E-state index in [0.717, 1.165) is 10.0 Å². The molecule has 0 saturated heterocycles. The molecule has 1 heterocycles. The predicted molar refractivity (Wildman–Crippen MR) is 80.1 cm³/mol. The highest BCUT2D eigenvalue weighted by atomic mass is 79.9. The maximum absolute atomic E-state index is 6.02. The standard InChI is InChI=1S/C12H10BrCl2N3/c13-8-3-1-2-7(4-8)6-17-12-10(15)5-9(14)11(16)18-12/h1-5H,6H2,(H3,16,17,18). The number of rotatable bonds is 3. The summed E-state index contributed by atoms with van der Waals surface area (Å²) in [5.74, 6) is 0.788. The van der Waals surface area contributed by atoms with E-state index in [9.17, 15) is 0 Å². The van der Waals surface area contributed by atoms with Gasteiger partial charge in [0.05, 0.1) is 10.0 Å². The number of nitrogens with two attached hydrogens (primary N) is 1. The van der Waals surface area contributed by atoms with Gasteiger partial charge < -0.3 is 11.1 Å². The highest BCUT2D eigenvalue weighted by Gasteiger charge is 2.06. The summed E-state index contributed by atoms with van der Waals surface area (Å²) < 4.78 is 1.02. The van der Waals surface area contributed by atoms with E-state index in [1.54, 1.807) is 6.07 Å².